The molecule has 0 radical (unpaired) electrons. The van der Waals surface area contributed by atoms with Gasteiger partial charge in [0.1, 0.15) is 0 Å². The van der Waals surface area contributed by atoms with Crippen LogP contribution >= 0.6 is 0 Å². The van der Waals surface area contributed by atoms with Crippen LogP contribution in [0.5, 0.6) is 0 Å². The number of carbonyl (C=O) groups is 2. The van der Waals surface area contributed by atoms with E-state index in [2.05, 4.69) is 22.6 Å². The van der Waals surface area contributed by atoms with Crippen molar-refractivity contribution in [2.24, 2.45) is 0 Å². The summed E-state index contributed by atoms with van der Waals surface area (Å²) in [6, 6.07) is 0. The number of esters is 2. The second kappa shape index (κ2) is 12.6. The molecular weight excluding hydrogens is 380 g/mol. The zero-order chi connectivity index (χ0) is 20.1. The average Bonchev–Trinajstić information content (AvgIpc) is 2.46. The molecule has 12 heteroatoms. The van der Waals surface area contributed by atoms with Crippen LogP contribution in [0.4, 0.5) is 0 Å². The summed E-state index contributed by atoms with van der Waals surface area (Å²) < 4.78 is 66.3. The third-order valence-electron chi connectivity index (χ3n) is 2.09. The van der Waals surface area contributed by atoms with Gasteiger partial charge in [0.2, 0.25) is 0 Å². The van der Waals surface area contributed by atoms with E-state index in [0.29, 0.717) is 0 Å². The predicted molar refractivity (Wildman–Crippen MR) is 89.0 cm³/mol. The van der Waals surface area contributed by atoms with Crippen molar-refractivity contribution in [3.63, 3.8) is 0 Å². The Morgan fingerprint density at radius 3 is 1.68 bits per heavy atom. The fourth-order valence-corrected chi connectivity index (χ4v) is 1.97. The first-order chi connectivity index (χ1) is 11.3. The van der Waals surface area contributed by atoms with Crippen LogP contribution in [0.2, 0.25) is 0 Å². The second-order valence-electron chi connectivity index (χ2n) is 4.57. The molecule has 2 N–H and O–H groups in total. The molecule has 25 heavy (non-hydrogen) atoms. The van der Waals surface area contributed by atoms with E-state index < -0.39 is 43.7 Å². The molecule has 0 aliphatic heterocycles. The summed E-state index contributed by atoms with van der Waals surface area (Å²) in [4.78, 5) is 21.1. The van der Waals surface area contributed by atoms with E-state index in [1.165, 1.54) is 6.92 Å². The summed E-state index contributed by atoms with van der Waals surface area (Å²) >= 11 is 0. The Balaban J connectivity index is 0. The lowest BCUT2D eigenvalue weighted by Gasteiger charge is -2.02. The molecule has 0 unspecified atom stereocenters. The van der Waals surface area contributed by atoms with Crippen LogP contribution in [0, 0.1) is 0 Å². The van der Waals surface area contributed by atoms with Gasteiger partial charge in [0.25, 0.3) is 20.2 Å². The molecule has 0 aromatic carbocycles. The summed E-state index contributed by atoms with van der Waals surface area (Å²) in [5.74, 6) is -1.98. The number of rotatable bonds is 10. The van der Waals surface area contributed by atoms with E-state index in [9.17, 15) is 26.4 Å². The summed E-state index contributed by atoms with van der Waals surface area (Å²) in [7, 11) is -7.90. The first kappa shape index (κ1) is 25.5. The van der Waals surface area contributed by atoms with Crippen LogP contribution in [0.1, 0.15) is 19.8 Å². The highest BCUT2D eigenvalue weighted by atomic mass is 32.2. The van der Waals surface area contributed by atoms with Gasteiger partial charge >= 0.3 is 11.9 Å². The molecule has 0 bridgehead atoms. The Labute approximate surface area is 147 Å². The van der Waals surface area contributed by atoms with Gasteiger partial charge in [-0.1, -0.05) is 13.2 Å². The van der Waals surface area contributed by atoms with Crippen LogP contribution in [0.3, 0.4) is 0 Å². The molecule has 10 nitrogen and oxygen atoms in total. The number of carbonyl (C=O) groups excluding carboxylic acids is 2. The van der Waals surface area contributed by atoms with Crippen molar-refractivity contribution in [1.82, 2.24) is 0 Å². The fraction of sp³-hybridized carbons (Fsp3) is 0.538. The van der Waals surface area contributed by atoms with Crippen LogP contribution in [0.15, 0.2) is 24.8 Å². The highest BCUT2D eigenvalue weighted by Gasteiger charge is 2.06. The zero-order valence-corrected chi connectivity index (χ0v) is 15.3. The molecule has 0 heterocycles. The molecular formula is C13H22O10S2. The molecule has 0 saturated heterocycles. The molecule has 0 aliphatic rings. The molecule has 0 fully saturated rings. The van der Waals surface area contributed by atoms with E-state index in [1.807, 2.05) is 0 Å². The number of hydrogen-bond acceptors (Lipinski definition) is 8. The molecule has 0 amide bonds. The van der Waals surface area contributed by atoms with Gasteiger partial charge in [-0.3, -0.25) is 9.11 Å². The maximum absolute atomic E-state index is 10.7. The van der Waals surface area contributed by atoms with Gasteiger partial charge in [-0.15, -0.1) is 0 Å². The lowest BCUT2D eigenvalue weighted by molar-refractivity contribution is -0.139. The highest BCUT2D eigenvalue weighted by Crippen LogP contribution is 1.95. The van der Waals surface area contributed by atoms with E-state index in [1.54, 1.807) is 0 Å². The monoisotopic (exact) mass is 402 g/mol. The van der Waals surface area contributed by atoms with Gasteiger partial charge in [-0.05, 0) is 19.8 Å². The van der Waals surface area contributed by atoms with E-state index in [-0.39, 0.29) is 31.6 Å². The molecule has 0 aromatic heterocycles. The van der Waals surface area contributed by atoms with Crippen LogP contribution in [-0.2, 0) is 39.3 Å². The van der Waals surface area contributed by atoms with Crippen molar-refractivity contribution in [3.05, 3.63) is 24.8 Å². The van der Waals surface area contributed by atoms with Crippen LogP contribution in [-0.4, -0.2) is 62.6 Å². The molecule has 0 aromatic rings. The maximum Gasteiger partial charge on any atom is 0.333 e. The van der Waals surface area contributed by atoms with Crippen molar-refractivity contribution in [1.29, 1.82) is 0 Å². The van der Waals surface area contributed by atoms with Crippen LogP contribution < -0.4 is 0 Å². The summed E-state index contributed by atoms with van der Waals surface area (Å²) in [6.45, 7) is 7.90. The Bertz CT molecular complexity index is 661. The topological polar surface area (TPSA) is 161 Å². The fourth-order valence-electron chi connectivity index (χ4n) is 1.00. The Kier molecular flexibility index (Phi) is 12.8. The van der Waals surface area contributed by atoms with Crippen LogP contribution in [0.25, 0.3) is 0 Å². The first-order valence-electron chi connectivity index (χ1n) is 6.80. The largest absolute Gasteiger partial charge is 0.463 e. The normalized spacial score (nSPS) is 10.8. The lowest BCUT2D eigenvalue weighted by atomic mass is 10.4. The van der Waals surface area contributed by atoms with Crippen molar-refractivity contribution >= 4 is 32.2 Å². The summed E-state index contributed by atoms with van der Waals surface area (Å²) in [5, 5.41) is 0. The third-order valence-corrected chi connectivity index (χ3v) is 3.70. The molecule has 0 aliphatic carbocycles. The molecule has 0 saturated carbocycles. The Hall–Kier alpha value is -1.76. The van der Waals surface area contributed by atoms with Crippen molar-refractivity contribution in [3.8, 4) is 0 Å². The minimum Gasteiger partial charge on any atom is -0.463 e. The smallest absolute Gasteiger partial charge is 0.333 e. The lowest BCUT2D eigenvalue weighted by Crippen LogP contribution is -2.11. The Morgan fingerprint density at radius 1 is 0.960 bits per heavy atom. The summed E-state index contributed by atoms with van der Waals surface area (Å²) in [5.41, 5.74) is 0.256. The standard InChI is InChI=1S/C7H12O5S.C6H10O5S/c1-6(2)7(8)12-4-3-5-13(9,10)11;1-2-6(7)11-4-3-5-12(8,9)10/h1,3-5H2,2H3,(H,9,10,11);2H,1,3-5H2,(H,8,9,10). The SMILES string of the molecule is C=C(C)C(=O)OCCCS(=O)(=O)O.C=CC(=O)OCCCS(=O)(=O)O. The molecule has 0 atom stereocenters. The predicted octanol–water partition coefficient (Wildman–Crippen LogP) is 0.377. The zero-order valence-electron chi connectivity index (χ0n) is 13.7. The average molecular weight is 402 g/mol. The van der Waals surface area contributed by atoms with Gasteiger partial charge < -0.3 is 9.47 Å². The van der Waals surface area contributed by atoms with E-state index >= 15 is 0 Å². The number of hydrogen-bond donors (Lipinski definition) is 2. The minimum absolute atomic E-state index is 0.0362. The molecule has 0 rings (SSSR count). The van der Waals surface area contributed by atoms with Crippen molar-refractivity contribution < 1.29 is 45.0 Å². The van der Waals surface area contributed by atoms with Crippen molar-refractivity contribution in [2.45, 2.75) is 19.8 Å². The first-order valence-corrected chi connectivity index (χ1v) is 10.0. The van der Waals surface area contributed by atoms with Gasteiger partial charge in [0, 0.05) is 11.6 Å². The van der Waals surface area contributed by atoms with Crippen molar-refractivity contribution in [2.75, 3.05) is 24.7 Å². The van der Waals surface area contributed by atoms with E-state index in [0.717, 1.165) is 6.08 Å². The molecule has 146 valence electrons. The third kappa shape index (κ3) is 22.2. The quantitative estimate of drug-likeness (QED) is 0.226. The highest BCUT2D eigenvalue weighted by molar-refractivity contribution is 7.86. The van der Waals surface area contributed by atoms with Gasteiger partial charge in [0.05, 0.1) is 24.7 Å². The van der Waals surface area contributed by atoms with E-state index in [4.69, 9.17) is 9.11 Å². The minimum atomic E-state index is -3.96. The Morgan fingerprint density at radius 2 is 1.36 bits per heavy atom. The molecule has 0 spiro atoms. The van der Waals surface area contributed by atoms with Gasteiger partial charge in [-0.2, -0.15) is 16.8 Å². The van der Waals surface area contributed by atoms with Gasteiger partial charge in [-0.25, -0.2) is 9.59 Å². The number of ether oxygens (including phenoxy) is 2. The second-order valence-corrected chi connectivity index (χ2v) is 7.71. The summed E-state index contributed by atoms with van der Waals surface area (Å²) in [6.07, 6.45) is 1.14. The maximum atomic E-state index is 10.7. The van der Waals surface area contributed by atoms with Gasteiger partial charge in [0.15, 0.2) is 0 Å².